The van der Waals surface area contributed by atoms with E-state index in [1.165, 1.54) is 0 Å². The summed E-state index contributed by atoms with van der Waals surface area (Å²) in [5.74, 6) is 0.684. The van der Waals surface area contributed by atoms with Crippen molar-refractivity contribution < 1.29 is 4.74 Å². The molecule has 0 bridgehead atoms. The molecule has 0 unspecified atom stereocenters. The minimum atomic E-state index is -0.0501. The van der Waals surface area contributed by atoms with Gasteiger partial charge < -0.3 is 15.8 Å². The first-order valence-electron chi connectivity index (χ1n) is 6.29. The molecule has 0 atom stereocenters. The van der Waals surface area contributed by atoms with E-state index in [4.69, 9.17) is 39.1 Å². The van der Waals surface area contributed by atoms with Crippen LogP contribution in [0.25, 0.3) is 0 Å². The van der Waals surface area contributed by atoms with Gasteiger partial charge in [-0.1, -0.05) is 47.5 Å². The van der Waals surface area contributed by atoms with Crippen LogP contribution in [0.3, 0.4) is 0 Å². The maximum Gasteiger partial charge on any atom is 0.185 e. The van der Waals surface area contributed by atoms with Crippen molar-refractivity contribution in [3.8, 4) is 5.75 Å². The minimum Gasteiger partial charge on any atom is -0.489 e. The van der Waals surface area contributed by atoms with Gasteiger partial charge in [-0.15, -0.1) is 0 Å². The molecule has 110 valence electrons. The highest BCUT2D eigenvalue weighted by Crippen LogP contribution is 2.26. The summed E-state index contributed by atoms with van der Waals surface area (Å²) in [4.78, 5) is 0. The number of nitrogens with one attached hydrogen (secondary N) is 2. The van der Waals surface area contributed by atoms with Crippen LogP contribution < -0.4 is 15.8 Å². The molecule has 0 aliphatic heterocycles. The van der Waals surface area contributed by atoms with Gasteiger partial charge in [-0.25, -0.2) is 0 Å². The zero-order valence-electron chi connectivity index (χ0n) is 11.2. The maximum atomic E-state index is 7.10. The third-order valence-electron chi connectivity index (χ3n) is 2.83. The van der Waals surface area contributed by atoms with Gasteiger partial charge in [0, 0.05) is 12.1 Å². The summed E-state index contributed by atoms with van der Waals surface area (Å²) in [6.45, 7) is 0.861. The van der Waals surface area contributed by atoms with Crippen LogP contribution in [0.4, 0.5) is 0 Å². The molecule has 0 aliphatic carbocycles. The minimum absolute atomic E-state index is 0.0501. The molecule has 0 amide bonds. The number of benzene rings is 2. The van der Waals surface area contributed by atoms with E-state index in [0.717, 1.165) is 16.9 Å². The molecule has 0 aromatic heterocycles. The monoisotopic (exact) mass is 323 g/mol. The number of ether oxygens (including phenoxy) is 1. The predicted octanol–water partition coefficient (Wildman–Crippen LogP) is 3.56. The number of hydrogen-bond donors (Lipinski definition) is 3. The number of rotatable bonds is 5. The fourth-order valence-corrected chi connectivity index (χ4v) is 2.10. The summed E-state index contributed by atoms with van der Waals surface area (Å²) in [6.07, 6.45) is 0. The third-order valence-corrected chi connectivity index (χ3v) is 3.69. The quantitative estimate of drug-likeness (QED) is 0.582. The van der Waals surface area contributed by atoms with Crippen LogP contribution in [-0.4, -0.2) is 5.96 Å². The lowest BCUT2D eigenvalue weighted by atomic mass is 10.2. The Hall–Kier alpha value is -1.91. The van der Waals surface area contributed by atoms with E-state index in [1.807, 2.05) is 36.4 Å². The van der Waals surface area contributed by atoms with Crippen molar-refractivity contribution in [2.45, 2.75) is 13.2 Å². The number of halogens is 2. The molecule has 4 N–H and O–H groups in total. The Balaban J connectivity index is 1.94. The van der Waals surface area contributed by atoms with Crippen LogP contribution in [0.15, 0.2) is 42.5 Å². The SMILES string of the molecule is N=C(N)NCc1ccc(OCc2cccc(Cl)c2Cl)cc1. The Kier molecular flexibility index (Phi) is 5.31. The molecule has 0 heterocycles. The van der Waals surface area contributed by atoms with Crippen LogP contribution in [-0.2, 0) is 13.2 Å². The second kappa shape index (κ2) is 7.20. The maximum absolute atomic E-state index is 7.10. The summed E-state index contributed by atoms with van der Waals surface area (Å²) in [5.41, 5.74) is 7.08. The van der Waals surface area contributed by atoms with Gasteiger partial charge in [-0.2, -0.15) is 0 Å². The molecule has 2 rings (SSSR count). The Labute approximate surface area is 133 Å². The van der Waals surface area contributed by atoms with Gasteiger partial charge >= 0.3 is 0 Å². The molecule has 0 fully saturated rings. The van der Waals surface area contributed by atoms with Gasteiger partial charge in [0.1, 0.15) is 12.4 Å². The second-order valence-electron chi connectivity index (χ2n) is 4.41. The summed E-state index contributed by atoms with van der Waals surface area (Å²) in [5, 5.41) is 10.9. The highest BCUT2D eigenvalue weighted by Gasteiger charge is 2.05. The van der Waals surface area contributed by atoms with E-state index in [0.29, 0.717) is 23.2 Å². The van der Waals surface area contributed by atoms with Crippen LogP contribution in [0.5, 0.6) is 5.75 Å². The third kappa shape index (κ3) is 4.55. The van der Waals surface area contributed by atoms with Crippen LogP contribution in [0.2, 0.25) is 10.0 Å². The highest BCUT2D eigenvalue weighted by atomic mass is 35.5. The molecule has 0 radical (unpaired) electrons. The molecular formula is C15H15Cl2N3O. The Morgan fingerprint density at radius 3 is 2.52 bits per heavy atom. The lowest BCUT2D eigenvalue weighted by molar-refractivity contribution is 0.306. The summed E-state index contributed by atoms with van der Waals surface area (Å²) in [6, 6.07) is 13.0. The Bertz CT molecular complexity index is 629. The first-order chi connectivity index (χ1) is 10.1. The van der Waals surface area contributed by atoms with Crippen molar-refractivity contribution in [3.63, 3.8) is 0 Å². The molecule has 4 nitrogen and oxygen atoms in total. The number of nitrogens with two attached hydrogens (primary N) is 1. The highest BCUT2D eigenvalue weighted by molar-refractivity contribution is 6.42. The van der Waals surface area contributed by atoms with E-state index in [-0.39, 0.29) is 5.96 Å². The van der Waals surface area contributed by atoms with E-state index >= 15 is 0 Å². The van der Waals surface area contributed by atoms with E-state index < -0.39 is 0 Å². The second-order valence-corrected chi connectivity index (χ2v) is 5.20. The zero-order chi connectivity index (χ0) is 15.2. The molecule has 2 aromatic carbocycles. The van der Waals surface area contributed by atoms with Crippen molar-refractivity contribution in [1.82, 2.24) is 5.32 Å². The van der Waals surface area contributed by atoms with Gasteiger partial charge in [0.05, 0.1) is 10.0 Å². The smallest absolute Gasteiger partial charge is 0.185 e. The molecule has 0 saturated carbocycles. The van der Waals surface area contributed by atoms with Gasteiger partial charge in [0.15, 0.2) is 5.96 Å². The zero-order valence-corrected chi connectivity index (χ0v) is 12.7. The van der Waals surface area contributed by atoms with Gasteiger partial charge in [0.25, 0.3) is 0 Å². The molecular weight excluding hydrogens is 309 g/mol. The fraction of sp³-hybridized carbons (Fsp3) is 0.133. The summed E-state index contributed by atoms with van der Waals surface area (Å²) >= 11 is 12.1. The van der Waals surface area contributed by atoms with Crippen LogP contribution in [0, 0.1) is 5.41 Å². The standard InChI is InChI=1S/C15H15Cl2N3O/c16-13-3-1-2-11(14(13)17)9-21-12-6-4-10(5-7-12)8-20-15(18)19/h1-7H,8-9H2,(H4,18,19,20). The molecule has 0 saturated heterocycles. The van der Waals surface area contributed by atoms with Gasteiger partial charge in [-0.05, 0) is 23.8 Å². The fourth-order valence-electron chi connectivity index (χ4n) is 1.72. The molecule has 2 aromatic rings. The topological polar surface area (TPSA) is 71.1 Å². The van der Waals surface area contributed by atoms with Crippen molar-refractivity contribution in [2.24, 2.45) is 5.73 Å². The van der Waals surface area contributed by atoms with E-state index in [9.17, 15) is 0 Å². The van der Waals surface area contributed by atoms with Crippen LogP contribution in [0.1, 0.15) is 11.1 Å². The lowest BCUT2D eigenvalue weighted by Gasteiger charge is -2.09. The molecule has 0 aliphatic rings. The Morgan fingerprint density at radius 1 is 1.14 bits per heavy atom. The number of guanidine groups is 1. The summed E-state index contributed by atoms with van der Waals surface area (Å²) in [7, 11) is 0. The lowest BCUT2D eigenvalue weighted by Crippen LogP contribution is -2.29. The first-order valence-corrected chi connectivity index (χ1v) is 7.04. The van der Waals surface area contributed by atoms with Crippen molar-refractivity contribution in [1.29, 1.82) is 5.41 Å². The molecule has 6 heteroatoms. The molecule has 0 spiro atoms. The average Bonchev–Trinajstić information content (AvgIpc) is 2.48. The van der Waals surface area contributed by atoms with E-state index in [2.05, 4.69) is 5.32 Å². The van der Waals surface area contributed by atoms with Crippen molar-refractivity contribution in [3.05, 3.63) is 63.6 Å². The number of hydrogen-bond acceptors (Lipinski definition) is 2. The van der Waals surface area contributed by atoms with Crippen molar-refractivity contribution >= 4 is 29.2 Å². The van der Waals surface area contributed by atoms with E-state index in [1.54, 1.807) is 6.07 Å². The Morgan fingerprint density at radius 2 is 1.86 bits per heavy atom. The normalized spacial score (nSPS) is 10.2. The average molecular weight is 324 g/mol. The van der Waals surface area contributed by atoms with Crippen molar-refractivity contribution in [2.75, 3.05) is 0 Å². The molecule has 21 heavy (non-hydrogen) atoms. The van der Waals surface area contributed by atoms with Gasteiger partial charge in [0.2, 0.25) is 0 Å². The first kappa shape index (κ1) is 15.5. The summed E-state index contributed by atoms with van der Waals surface area (Å²) < 4.78 is 5.68. The van der Waals surface area contributed by atoms with Gasteiger partial charge in [-0.3, -0.25) is 5.41 Å². The predicted molar refractivity (Wildman–Crippen MR) is 86.0 cm³/mol. The van der Waals surface area contributed by atoms with Crippen LogP contribution >= 0.6 is 23.2 Å². The largest absolute Gasteiger partial charge is 0.489 e.